The molecule has 0 saturated heterocycles. The second-order valence-corrected chi connectivity index (χ2v) is 6.38. The SMILES string of the molecule is CCCOc1ncccc1CNC(=O)NCc1sc(C)nc1C. The smallest absolute Gasteiger partial charge is 0.315 e. The maximum atomic E-state index is 11.9. The summed E-state index contributed by atoms with van der Waals surface area (Å²) in [4.78, 5) is 21.6. The lowest BCUT2D eigenvalue weighted by Crippen LogP contribution is -2.34. The van der Waals surface area contributed by atoms with E-state index in [2.05, 4.69) is 20.6 Å². The second kappa shape index (κ2) is 8.47. The predicted molar refractivity (Wildman–Crippen MR) is 90.7 cm³/mol. The number of carbonyl (C=O) groups excluding carboxylic acids is 1. The molecule has 7 heteroatoms. The Kier molecular flexibility index (Phi) is 6.34. The van der Waals surface area contributed by atoms with Gasteiger partial charge in [-0.3, -0.25) is 0 Å². The van der Waals surface area contributed by atoms with Crippen LogP contribution in [0.3, 0.4) is 0 Å². The van der Waals surface area contributed by atoms with E-state index in [-0.39, 0.29) is 6.03 Å². The molecule has 0 aliphatic rings. The first-order chi connectivity index (χ1) is 11.1. The molecule has 0 radical (unpaired) electrons. The van der Waals surface area contributed by atoms with Gasteiger partial charge < -0.3 is 15.4 Å². The van der Waals surface area contributed by atoms with Crippen molar-refractivity contribution < 1.29 is 9.53 Å². The summed E-state index contributed by atoms with van der Waals surface area (Å²) in [5.74, 6) is 0.573. The fourth-order valence-electron chi connectivity index (χ4n) is 2.02. The summed E-state index contributed by atoms with van der Waals surface area (Å²) in [6, 6.07) is 3.51. The molecule has 2 heterocycles. The van der Waals surface area contributed by atoms with Crippen molar-refractivity contribution in [3.8, 4) is 5.88 Å². The van der Waals surface area contributed by atoms with Crippen LogP contribution < -0.4 is 15.4 Å². The van der Waals surface area contributed by atoms with Crippen LogP contribution in [-0.2, 0) is 13.1 Å². The van der Waals surface area contributed by atoms with Gasteiger partial charge in [-0.25, -0.2) is 14.8 Å². The number of thiazole rings is 1. The van der Waals surface area contributed by atoms with E-state index in [4.69, 9.17) is 4.74 Å². The molecule has 0 aliphatic heterocycles. The Morgan fingerprint density at radius 1 is 1.30 bits per heavy atom. The highest BCUT2D eigenvalue weighted by Gasteiger charge is 2.09. The van der Waals surface area contributed by atoms with Crippen molar-refractivity contribution in [2.24, 2.45) is 0 Å². The summed E-state index contributed by atoms with van der Waals surface area (Å²) in [7, 11) is 0. The van der Waals surface area contributed by atoms with Gasteiger partial charge in [0, 0.05) is 23.2 Å². The third-order valence-corrected chi connectivity index (χ3v) is 4.21. The third-order valence-electron chi connectivity index (χ3n) is 3.14. The number of hydrogen-bond donors (Lipinski definition) is 2. The molecule has 2 aromatic heterocycles. The molecule has 2 aromatic rings. The van der Waals surface area contributed by atoms with Gasteiger partial charge in [0.2, 0.25) is 5.88 Å². The van der Waals surface area contributed by atoms with Crippen molar-refractivity contribution in [2.45, 2.75) is 40.3 Å². The van der Waals surface area contributed by atoms with Crippen LogP contribution in [-0.4, -0.2) is 22.6 Å². The van der Waals surface area contributed by atoms with Gasteiger partial charge in [0.05, 0.1) is 23.9 Å². The number of aromatic nitrogens is 2. The van der Waals surface area contributed by atoms with Crippen molar-refractivity contribution in [2.75, 3.05) is 6.61 Å². The molecule has 0 atom stereocenters. The van der Waals surface area contributed by atoms with Gasteiger partial charge in [0.1, 0.15) is 0 Å². The number of hydrogen-bond acceptors (Lipinski definition) is 5. The number of nitrogens with one attached hydrogen (secondary N) is 2. The van der Waals surface area contributed by atoms with E-state index in [9.17, 15) is 4.79 Å². The second-order valence-electron chi connectivity index (χ2n) is 5.09. The van der Waals surface area contributed by atoms with E-state index in [1.54, 1.807) is 17.5 Å². The molecule has 0 aromatic carbocycles. The van der Waals surface area contributed by atoms with Crippen LogP contribution in [0.5, 0.6) is 5.88 Å². The van der Waals surface area contributed by atoms with Gasteiger partial charge in [0.15, 0.2) is 0 Å². The molecular weight excluding hydrogens is 312 g/mol. The van der Waals surface area contributed by atoms with E-state index >= 15 is 0 Å². The van der Waals surface area contributed by atoms with E-state index in [0.717, 1.165) is 27.6 Å². The fourth-order valence-corrected chi connectivity index (χ4v) is 2.90. The highest BCUT2D eigenvalue weighted by Crippen LogP contribution is 2.16. The number of aryl methyl sites for hydroxylation is 2. The quantitative estimate of drug-likeness (QED) is 0.816. The molecule has 0 bridgehead atoms. The summed E-state index contributed by atoms with van der Waals surface area (Å²) in [6.45, 7) is 7.42. The largest absolute Gasteiger partial charge is 0.477 e. The van der Waals surface area contributed by atoms with Crippen LogP contribution in [0.2, 0.25) is 0 Å². The molecule has 0 saturated carbocycles. The van der Waals surface area contributed by atoms with Gasteiger partial charge in [-0.15, -0.1) is 11.3 Å². The third kappa shape index (κ3) is 5.21. The zero-order valence-electron chi connectivity index (χ0n) is 13.7. The Bertz CT molecular complexity index is 657. The Morgan fingerprint density at radius 2 is 2.09 bits per heavy atom. The highest BCUT2D eigenvalue weighted by atomic mass is 32.1. The Balaban J connectivity index is 1.83. The first kappa shape index (κ1) is 17.2. The zero-order valence-corrected chi connectivity index (χ0v) is 14.5. The maximum absolute atomic E-state index is 11.9. The molecule has 0 aliphatic carbocycles. The minimum atomic E-state index is -0.222. The van der Waals surface area contributed by atoms with Crippen molar-refractivity contribution in [3.05, 3.63) is 39.5 Å². The number of carbonyl (C=O) groups is 1. The summed E-state index contributed by atoms with van der Waals surface area (Å²) in [6.07, 6.45) is 2.60. The van der Waals surface area contributed by atoms with Crippen LogP contribution in [0.15, 0.2) is 18.3 Å². The lowest BCUT2D eigenvalue weighted by atomic mass is 10.2. The number of amides is 2. The molecular formula is C16H22N4O2S. The first-order valence-corrected chi connectivity index (χ1v) is 8.43. The lowest BCUT2D eigenvalue weighted by Gasteiger charge is -2.11. The standard InChI is InChI=1S/C16H22N4O2S/c1-4-8-22-15-13(6-5-7-17-15)9-18-16(21)19-10-14-11(2)20-12(3)23-14/h5-7H,4,8-10H2,1-3H3,(H2,18,19,21). The molecule has 0 fully saturated rings. The summed E-state index contributed by atoms with van der Waals surface area (Å²) >= 11 is 1.60. The maximum Gasteiger partial charge on any atom is 0.315 e. The fraction of sp³-hybridized carbons (Fsp3) is 0.438. The van der Waals surface area contributed by atoms with Gasteiger partial charge in [-0.1, -0.05) is 13.0 Å². The topological polar surface area (TPSA) is 76.1 Å². The average Bonchev–Trinajstić information content (AvgIpc) is 2.87. The highest BCUT2D eigenvalue weighted by molar-refractivity contribution is 7.11. The van der Waals surface area contributed by atoms with E-state index < -0.39 is 0 Å². The van der Waals surface area contributed by atoms with Crippen LogP contribution in [0.1, 0.15) is 34.5 Å². The predicted octanol–water partition coefficient (Wildman–Crippen LogP) is 2.94. The van der Waals surface area contributed by atoms with Gasteiger partial charge >= 0.3 is 6.03 Å². The monoisotopic (exact) mass is 334 g/mol. The molecule has 2 amide bonds. The molecule has 2 N–H and O–H groups in total. The first-order valence-electron chi connectivity index (χ1n) is 7.61. The molecule has 6 nitrogen and oxygen atoms in total. The van der Waals surface area contributed by atoms with Crippen LogP contribution in [0.25, 0.3) is 0 Å². The van der Waals surface area contributed by atoms with Gasteiger partial charge in [-0.05, 0) is 26.3 Å². The Hall–Kier alpha value is -2.15. The van der Waals surface area contributed by atoms with Crippen molar-refractivity contribution >= 4 is 17.4 Å². The number of urea groups is 1. The average molecular weight is 334 g/mol. The normalized spacial score (nSPS) is 10.4. The summed E-state index contributed by atoms with van der Waals surface area (Å²) in [5.41, 5.74) is 1.83. The molecule has 0 spiro atoms. The number of rotatable bonds is 7. The van der Waals surface area contributed by atoms with Crippen molar-refractivity contribution in [1.82, 2.24) is 20.6 Å². The van der Waals surface area contributed by atoms with E-state index in [1.807, 2.05) is 32.9 Å². The van der Waals surface area contributed by atoms with Crippen LogP contribution in [0.4, 0.5) is 4.79 Å². The Labute approximate surface area is 140 Å². The minimum Gasteiger partial charge on any atom is -0.477 e. The van der Waals surface area contributed by atoms with Crippen LogP contribution in [0, 0.1) is 13.8 Å². The minimum absolute atomic E-state index is 0.222. The Morgan fingerprint density at radius 3 is 2.78 bits per heavy atom. The number of pyridine rings is 1. The number of nitrogens with zero attached hydrogens (tertiary/aromatic N) is 2. The van der Waals surface area contributed by atoms with Crippen molar-refractivity contribution in [3.63, 3.8) is 0 Å². The van der Waals surface area contributed by atoms with E-state index in [1.165, 1.54) is 0 Å². The summed E-state index contributed by atoms with van der Waals surface area (Å²) in [5, 5.41) is 6.68. The van der Waals surface area contributed by atoms with E-state index in [0.29, 0.717) is 25.6 Å². The molecule has 124 valence electrons. The molecule has 0 unspecified atom stereocenters. The van der Waals surface area contributed by atoms with Gasteiger partial charge in [-0.2, -0.15) is 0 Å². The van der Waals surface area contributed by atoms with Crippen molar-refractivity contribution in [1.29, 1.82) is 0 Å². The summed E-state index contributed by atoms with van der Waals surface area (Å²) < 4.78 is 5.58. The zero-order chi connectivity index (χ0) is 16.7. The molecule has 2 rings (SSSR count). The van der Waals surface area contributed by atoms with Gasteiger partial charge in [0.25, 0.3) is 0 Å². The number of ether oxygens (including phenoxy) is 1. The van der Waals surface area contributed by atoms with Crippen LogP contribution >= 0.6 is 11.3 Å². The lowest BCUT2D eigenvalue weighted by molar-refractivity contribution is 0.240. The molecule has 23 heavy (non-hydrogen) atoms.